The van der Waals surface area contributed by atoms with E-state index in [1.54, 1.807) is 0 Å². The van der Waals surface area contributed by atoms with Crippen LogP contribution in [0.2, 0.25) is 0 Å². The fourth-order valence-corrected chi connectivity index (χ4v) is 2.58. The van der Waals surface area contributed by atoms with Crippen molar-refractivity contribution in [3.8, 4) is 11.1 Å². The third kappa shape index (κ3) is 2.84. The Bertz CT molecular complexity index is 545. The fraction of sp³-hybridized carbons (Fsp3) is 0.294. The van der Waals surface area contributed by atoms with Crippen molar-refractivity contribution in [3.63, 3.8) is 0 Å². The van der Waals surface area contributed by atoms with Crippen LogP contribution < -0.4 is 0 Å². The minimum absolute atomic E-state index is 0.216. The largest absolute Gasteiger partial charge is 0.0579 e. The number of aryl methyl sites for hydroxylation is 1. The normalized spacial score (nSPS) is 11.6. The van der Waals surface area contributed by atoms with Gasteiger partial charge in [-0.15, -0.1) is 0 Å². The molecule has 0 spiro atoms. The van der Waals surface area contributed by atoms with Crippen LogP contribution in [0.4, 0.5) is 0 Å². The molecule has 2 aromatic carbocycles. The Hall–Kier alpha value is -1.08. The molecule has 0 heterocycles. The quantitative estimate of drug-likeness (QED) is 0.632. The Morgan fingerprint density at radius 1 is 0.889 bits per heavy atom. The Labute approximate surface area is 118 Å². The topological polar surface area (TPSA) is 0 Å². The van der Waals surface area contributed by atoms with Gasteiger partial charge in [-0.05, 0) is 46.7 Å². The molecule has 0 aliphatic heterocycles. The Morgan fingerprint density at radius 2 is 1.50 bits per heavy atom. The molecule has 2 rings (SSSR count). The van der Waals surface area contributed by atoms with Crippen LogP contribution in [-0.4, -0.2) is 0 Å². The van der Waals surface area contributed by atoms with E-state index in [0.29, 0.717) is 0 Å². The number of rotatable bonds is 1. The predicted molar refractivity (Wildman–Crippen MR) is 83.0 cm³/mol. The van der Waals surface area contributed by atoms with E-state index < -0.39 is 0 Å². The minimum Gasteiger partial charge on any atom is -0.0579 e. The van der Waals surface area contributed by atoms with Crippen LogP contribution in [0.1, 0.15) is 31.9 Å². The first-order valence-corrected chi connectivity index (χ1v) is 7.04. The number of hydrogen-bond donors (Lipinski definition) is 0. The highest BCUT2D eigenvalue weighted by Gasteiger charge is 2.13. The average molecular weight is 303 g/mol. The smallest absolute Gasteiger partial charge is 0.0178 e. The summed E-state index contributed by atoms with van der Waals surface area (Å²) < 4.78 is 1.13. The summed E-state index contributed by atoms with van der Waals surface area (Å²) in [6, 6.07) is 15.3. The van der Waals surface area contributed by atoms with Gasteiger partial charge in [0.05, 0.1) is 0 Å². The number of hydrogen-bond acceptors (Lipinski definition) is 0. The number of benzene rings is 2. The van der Waals surface area contributed by atoms with Gasteiger partial charge in [-0.3, -0.25) is 0 Å². The molecule has 0 bridgehead atoms. The van der Waals surface area contributed by atoms with Crippen molar-refractivity contribution in [3.05, 3.63) is 58.1 Å². The average Bonchev–Trinajstić information content (AvgIpc) is 2.28. The van der Waals surface area contributed by atoms with Gasteiger partial charge < -0.3 is 0 Å². The predicted octanol–water partition coefficient (Wildman–Crippen LogP) is 5.72. The van der Waals surface area contributed by atoms with Gasteiger partial charge in [-0.2, -0.15) is 0 Å². The third-order valence-corrected chi connectivity index (χ3v) is 3.74. The second-order valence-corrected chi connectivity index (χ2v) is 6.70. The first-order valence-electron chi connectivity index (χ1n) is 6.25. The first-order chi connectivity index (χ1) is 8.38. The van der Waals surface area contributed by atoms with E-state index in [2.05, 4.69) is 86.1 Å². The van der Waals surface area contributed by atoms with Gasteiger partial charge in [-0.25, -0.2) is 0 Å². The van der Waals surface area contributed by atoms with Crippen molar-refractivity contribution in [2.45, 2.75) is 33.1 Å². The summed E-state index contributed by atoms with van der Waals surface area (Å²) in [5.41, 5.74) is 5.48. The summed E-state index contributed by atoms with van der Waals surface area (Å²) in [5.74, 6) is 0. The molecule has 94 valence electrons. The van der Waals surface area contributed by atoms with Crippen LogP contribution in [-0.2, 0) is 5.41 Å². The molecular formula is C17H19Br. The second kappa shape index (κ2) is 4.89. The van der Waals surface area contributed by atoms with Gasteiger partial charge in [0, 0.05) is 4.47 Å². The zero-order valence-electron chi connectivity index (χ0n) is 11.4. The highest BCUT2D eigenvalue weighted by molar-refractivity contribution is 9.10. The van der Waals surface area contributed by atoms with Gasteiger partial charge in [-0.1, -0.05) is 67.0 Å². The number of halogens is 1. The van der Waals surface area contributed by atoms with Gasteiger partial charge in [0.25, 0.3) is 0 Å². The van der Waals surface area contributed by atoms with Crippen LogP contribution >= 0.6 is 15.9 Å². The molecule has 0 aromatic heterocycles. The zero-order chi connectivity index (χ0) is 13.3. The molecular weight excluding hydrogens is 284 g/mol. The summed E-state index contributed by atoms with van der Waals surface area (Å²) in [4.78, 5) is 0. The van der Waals surface area contributed by atoms with E-state index in [0.717, 1.165) is 4.47 Å². The summed E-state index contributed by atoms with van der Waals surface area (Å²) in [5, 5.41) is 0. The lowest BCUT2D eigenvalue weighted by Gasteiger charge is -2.19. The lowest BCUT2D eigenvalue weighted by atomic mass is 9.86. The van der Waals surface area contributed by atoms with Crippen molar-refractivity contribution in [2.24, 2.45) is 0 Å². The Balaban J connectivity index is 2.41. The standard InChI is InChI=1S/C17H19Br/c1-12-11-15(18)9-10-16(12)13-5-7-14(8-6-13)17(2,3)4/h5-11H,1-4H3. The minimum atomic E-state index is 0.216. The van der Waals surface area contributed by atoms with E-state index >= 15 is 0 Å². The summed E-state index contributed by atoms with van der Waals surface area (Å²) in [6.07, 6.45) is 0. The molecule has 0 fully saturated rings. The molecule has 0 atom stereocenters. The highest BCUT2D eigenvalue weighted by Crippen LogP contribution is 2.29. The van der Waals surface area contributed by atoms with Crippen molar-refractivity contribution < 1.29 is 0 Å². The summed E-state index contributed by atoms with van der Waals surface area (Å²) in [7, 11) is 0. The third-order valence-electron chi connectivity index (χ3n) is 3.25. The molecule has 0 N–H and O–H groups in total. The first kappa shape index (κ1) is 13.4. The van der Waals surface area contributed by atoms with E-state index in [1.165, 1.54) is 22.3 Å². The maximum Gasteiger partial charge on any atom is 0.0178 e. The van der Waals surface area contributed by atoms with Gasteiger partial charge >= 0.3 is 0 Å². The van der Waals surface area contributed by atoms with Crippen LogP contribution in [0.25, 0.3) is 11.1 Å². The molecule has 0 radical (unpaired) electrons. The highest BCUT2D eigenvalue weighted by atomic mass is 79.9. The van der Waals surface area contributed by atoms with Crippen molar-refractivity contribution in [1.29, 1.82) is 0 Å². The fourth-order valence-electron chi connectivity index (χ4n) is 2.10. The van der Waals surface area contributed by atoms with E-state index in [1.807, 2.05) is 0 Å². The van der Waals surface area contributed by atoms with E-state index in [9.17, 15) is 0 Å². The lowest BCUT2D eigenvalue weighted by Crippen LogP contribution is -2.10. The van der Waals surface area contributed by atoms with Crippen molar-refractivity contribution >= 4 is 15.9 Å². The van der Waals surface area contributed by atoms with Crippen LogP contribution in [0.3, 0.4) is 0 Å². The molecule has 0 saturated carbocycles. The van der Waals surface area contributed by atoms with Crippen LogP contribution in [0.5, 0.6) is 0 Å². The molecule has 2 aromatic rings. The molecule has 0 aliphatic rings. The Morgan fingerprint density at radius 3 is 2.00 bits per heavy atom. The SMILES string of the molecule is Cc1cc(Br)ccc1-c1ccc(C(C)(C)C)cc1. The Kier molecular flexibility index (Phi) is 3.63. The summed E-state index contributed by atoms with van der Waals surface area (Å²) >= 11 is 3.51. The molecule has 18 heavy (non-hydrogen) atoms. The van der Waals surface area contributed by atoms with E-state index in [-0.39, 0.29) is 5.41 Å². The van der Waals surface area contributed by atoms with Crippen LogP contribution in [0, 0.1) is 6.92 Å². The zero-order valence-corrected chi connectivity index (χ0v) is 13.0. The van der Waals surface area contributed by atoms with Crippen molar-refractivity contribution in [1.82, 2.24) is 0 Å². The molecule has 0 saturated heterocycles. The van der Waals surface area contributed by atoms with Gasteiger partial charge in [0.1, 0.15) is 0 Å². The summed E-state index contributed by atoms with van der Waals surface area (Å²) in [6.45, 7) is 8.88. The molecule has 0 amide bonds. The molecule has 0 nitrogen and oxygen atoms in total. The molecule has 0 unspecified atom stereocenters. The van der Waals surface area contributed by atoms with Gasteiger partial charge in [0.2, 0.25) is 0 Å². The maximum atomic E-state index is 3.51. The van der Waals surface area contributed by atoms with Crippen LogP contribution in [0.15, 0.2) is 46.9 Å². The molecule has 0 aliphatic carbocycles. The van der Waals surface area contributed by atoms with Crippen molar-refractivity contribution in [2.75, 3.05) is 0 Å². The van der Waals surface area contributed by atoms with E-state index in [4.69, 9.17) is 0 Å². The maximum absolute atomic E-state index is 3.51. The molecule has 1 heteroatoms. The second-order valence-electron chi connectivity index (χ2n) is 5.79. The lowest BCUT2D eigenvalue weighted by molar-refractivity contribution is 0.590. The van der Waals surface area contributed by atoms with Gasteiger partial charge in [0.15, 0.2) is 0 Å². The monoisotopic (exact) mass is 302 g/mol.